The van der Waals surface area contributed by atoms with Crippen LogP contribution >= 0.6 is 0 Å². The number of carbonyl (C=O) groups excluding carboxylic acids is 4. The molecule has 196 valence electrons. The molecule has 0 radical (unpaired) electrons. The molecule has 1 saturated carbocycles. The van der Waals surface area contributed by atoms with E-state index in [4.69, 9.17) is 0 Å². The maximum atomic E-state index is 13.4. The Hall–Kier alpha value is -3.14. The first-order chi connectivity index (χ1) is 17.1. The van der Waals surface area contributed by atoms with E-state index in [-0.39, 0.29) is 48.2 Å². The topological polar surface area (TPSA) is 114 Å². The molecule has 10 nitrogen and oxygen atoms in total. The number of rotatable bonds is 7. The maximum Gasteiger partial charge on any atom is 0.337 e. The highest BCUT2D eigenvalue weighted by molar-refractivity contribution is 5.95. The van der Waals surface area contributed by atoms with Gasteiger partial charge in [-0.3, -0.25) is 19.3 Å². The van der Waals surface area contributed by atoms with Gasteiger partial charge in [-0.05, 0) is 56.2 Å². The Kier molecular flexibility index (Phi) is 7.54. The Balaban J connectivity index is 1.44. The van der Waals surface area contributed by atoms with Crippen molar-refractivity contribution in [3.63, 3.8) is 0 Å². The second kappa shape index (κ2) is 10.5. The molecule has 3 fully saturated rings. The molecule has 10 heteroatoms. The quantitative estimate of drug-likeness (QED) is 0.534. The fourth-order valence-corrected chi connectivity index (χ4v) is 5.33. The summed E-state index contributed by atoms with van der Waals surface area (Å²) in [5.74, 6) is -0.617. The fourth-order valence-electron chi connectivity index (χ4n) is 5.33. The van der Waals surface area contributed by atoms with Crippen molar-refractivity contribution in [2.45, 2.75) is 77.7 Å². The number of nitrogens with zero attached hydrogens (tertiary/aromatic N) is 3. The van der Waals surface area contributed by atoms with Crippen molar-refractivity contribution in [2.75, 3.05) is 18.9 Å². The van der Waals surface area contributed by atoms with E-state index >= 15 is 0 Å². The van der Waals surface area contributed by atoms with Gasteiger partial charge in [0.1, 0.15) is 6.54 Å². The monoisotopic (exact) mass is 498 g/mol. The standard InChI is InChI=1S/C26H38N6O4/c1-6-16(4)27-23(34)18-9-12-20-21(13-18)32-25(30(5)24(20)35)29-31(26(32)36)14-22(33)28-19-10-7-17(8-11-19)15(2)3/h7-8,10-11,15-16,18,20-21,25,29H,6,9,12-14H2,1-5H3,(H,27,34)(H,28,33). The van der Waals surface area contributed by atoms with Gasteiger partial charge in [0.2, 0.25) is 17.7 Å². The van der Waals surface area contributed by atoms with Crippen LogP contribution in [0.5, 0.6) is 0 Å². The lowest BCUT2D eigenvalue weighted by molar-refractivity contribution is -0.156. The zero-order valence-electron chi connectivity index (χ0n) is 21.8. The molecule has 4 rings (SSSR count). The van der Waals surface area contributed by atoms with Crippen LogP contribution in [0.4, 0.5) is 10.5 Å². The zero-order chi connectivity index (χ0) is 26.1. The molecule has 2 heterocycles. The van der Waals surface area contributed by atoms with Crippen LogP contribution in [0.2, 0.25) is 0 Å². The van der Waals surface area contributed by atoms with Crippen molar-refractivity contribution in [3.8, 4) is 0 Å². The minimum Gasteiger partial charge on any atom is -0.353 e. The van der Waals surface area contributed by atoms with Crippen LogP contribution in [0.1, 0.15) is 64.9 Å². The van der Waals surface area contributed by atoms with E-state index in [0.29, 0.717) is 30.9 Å². The number of fused-ring (bicyclic) bond motifs is 3. The molecular weight excluding hydrogens is 460 g/mol. The van der Waals surface area contributed by atoms with Crippen molar-refractivity contribution < 1.29 is 19.2 Å². The first-order valence-electron chi connectivity index (χ1n) is 12.9. The van der Waals surface area contributed by atoms with E-state index in [2.05, 4.69) is 29.9 Å². The van der Waals surface area contributed by atoms with Crippen molar-refractivity contribution in [2.24, 2.45) is 11.8 Å². The van der Waals surface area contributed by atoms with E-state index in [1.807, 2.05) is 38.1 Å². The number of carbonyl (C=O) groups is 4. The van der Waals surface area contributed by atoms with E-state index in [9.17, 15) is 19.2 Å². The van der Waals surface area contributed by atoms with Crippen LogP contribution in [0.25, 0.3) is 0 Å². The third-order valence-electron chi connectivity index (χ3n) is 7.73. The molecule has 3 aliphatic rings. The molecule has 5 atom stereocenters. The third-order valence-corrected chi connectivity index (χ3v) is 7.73. The summed E-state index contributed by atoms with van der Waals surface area (Å²) in [5, 5.41) is 7.13. The summed E-state index contributed by atoms with van der Waals surface area (Å²) in [5.41, 5.74) is 4.86. The SMILES string of the molecule is CCC(C)NC(=O)C1CCC2C(=O)N(C)C3NN(CC(=O)Nc4ccc(C(C)C)cc4)C(=O)N3C2C1. The first kappa shape index (κ1) is 25.9. The normalized spacial score (nSPS) is 26.6. The molecule has 0 bridgehead atoms. The Labute approximate surface area is 212 Å². The number of amides is 5. The fraction of sp³-hybridized carbons (Fsp3) is 0.615. The molecule has 3 N–H and O–H groups in total. The molecule has 2 saturated heterocycles. The average molecular weight is 499 g/mol. The van der Waals surface area contributed by atoms with E-state index in [1.165, 1.54) is 15.5 Å². The number of nitrogens with one attached hydrogen (secondary N) is 3. The number of benzene rings is 1. The van der Waals surface area contributed by atoms with Crippen LogP contribution in [0.3, 0.4) is 0 Å². The highest BCUT2D eigenvalue weighted by atomic mass is 16.2. The highest BCUT2D eigenvalue weighted by Crippen LogP contribution is 2.40. The summed E-state index contributed by atoms with van der Waals surface area (Å²) < 4.78 is 0. The molecule has 5 amide bonds. The largest absolute Gasteiger partial charge is 0.353 e. The minimum absolute atomic E-state index is 0.0231. The predicted octanol–water partition coefficient (Wildman–Crippen LogP) is 2.45. The number of hydrogen-bond acceptors (Lipinski definition) is 5. The van der Waals surface area contributed by atoms with Crippen LogP contribution in [-0.2, 0) is 14.4 Å². The van der Waals surface area contributed by atoms with Gasteiger partial charge < -0.3 is 15.5 Å². The molecule has 1 aromatic carbocycles. The average Bonchev–Trinajstić information content (AvgIpc) is 3.18. The summed E-state index contributed by atoms with van der Waals surface area (Å²) in [7, 11) is 1.66. The summed E-state index contributed by atoms with van der Waals surface area (Å²) in [4.78, 5) is 55.3. The third kappa shape index (κ3) is 5.04. The number of hydrazine groups is 1. The second-order valence-electron chi connectivity index (χ2n) is 10.6. The van der Waals surface area contributed by atoms with Crippen LogP contribution in [0, 0.1) is 11.8 Å². The van der Waals surface area contributed by atoms with Gasteiger partial charge in [-0.15, -0.1) is 0 Å². The number of urea groups is 1. The molecule has 0 aromatic heterocycles. The summed E-state index contributed by atoms with van der Waals surface area (Å²) in [6, 6.07) is 6.96. The molecule has 1 aliphatic carbocycles. The van der Waals surface area contributed by atoms with Crippen LogP contribution in [0.15, 0.2) is 24.3 Å². The van der Waals surface area contributed by atoms with Gasteiger partial charge in [-0.25, -0.2) is 9.80 Å². The molecular formula is C26H38N6O4. The lowest BCUT2D eigenvalue weighted by atomic mass is 9.75. The van der Waals surface area contributed by atoms with Gasteiger partial charge in [0, 0.05) is 30.7 Å². The Bertz CT molecular complexity index is 1010. The van der Waals surface area contributed by atoms with Crippen molar-refractivity contribution in [1.29, 1.82) is 0 Å². The summed E-state index contributed by atoms with van der Waals surface area (Å²) in [6.07, 6.45) is 1.75. The van der Waals surface area contributed by atoms with Crippen molar-refractivity contribution >= 4 is 29.4 Å². The molecule has 36 heavy (non-hydrogen) atoms. The van der Waals surface area contributed by atoms with Crippen LogP contribution in [-0.4, -0.2) is 70.5 Å². The Morgan fingerprint density at radius 3 is 2.44 bits per heavy atom. The molecule has 2 aliphatic heterocycles. The first-order valence-corrected chi connectivity index (χ1v) is 12.9. The lowest BCUT2D eigenvalue weighted by Gasteiger charge is -2.48. The number of hydrogen-bond donors (Lipinski definition) is 3. The molecule has 0 spiro atoms. The van der Waals surface area contributed by atoms with E-state index in [0.717, 1.165) is 6.42 Å². The summed E-state index contributed by atoms with van der Waals surface area (Å²) >= 11 is 0. The van der Waals surface area contributed by atoms with Crippen LogP contribution < -0.4 is 16.1 Å². The predicted molar refractivity (Wildman–Crippen MR) is 135 cm³/mol. The van der Waals surface area contributed by atoms with Crippen molar-refractivity contribution in [1.82, 2.24) is 25.6 Å². The van der Waals surface area contributed by atoms with Gasteiger partial charge in [-0.1, -0.05) is 32.9 Å². The van der Waals surface area contributed by atoms with E-state index < -0.39 is 12.3 Å². The van der Waals surface area contributed by atoms with Gasteiger partial charge in [0.05, 0.1) is 5.92 Å². The lowest BCUT2D eigenvalue weighted by Crippen LogP contribution is -2.66. The molecule has 1 aromatic rings. The van der Waals surface area contributed by atoms with Gasteiger partial charge in [0.15, 0.2) is 6.29 Å². The minimum atomic E-state index is -0.680. The Morgan fingerprint density at radius 1 is 1.11 bits per heavy atom. The Morgan fingerprint density at radius 2 is 1.81 bits per heavy atom. The zero-order valence-corrected chi connectivity index (χ0v) is 21.8. The smallest absolute Gasteiger partial charge is 0.337 e. The van der Waals surface area contributed by atoms with Gasteiger partial charge in [-0.2, -0.15) is 5.43 Å². The van der Waals surface area contributed by atoms with Gasteiger partial charge in [0.25, 0.3) is 0 Å². The summed E-state index contributed by atoms with van der Waals surface area (Å²) in [6.45, 7) is 7.99. The number of anilines is 1. The van der Waals surface area contributed by atoms with Crippen molar-refractivity contribution in [3.05, 3.63) is 29.8 Å². The highest BCUT2D eigenvalue weighted by Gasteiger charge is 2.55. The second-order valence-corrected chi connectivity index (χ2v) is 10.6. The maximum absolute atomic E-state index is 13.4. The molecule has 5 unspecified atom stereocenters. The van der Waals surface area contributed by atoms with Gasteiger partial charge >= 0.3 is 6.03 Å². The van der Waals surface area contributed by atoms with E-state index in [1.54, 1.807) is 11.9 Å².